The van der Waals surface area contributed by atoms with Crippen LogP contribution < -0.4 is 0 Å². The molecule has 1 aromatic rings. The Balaban J connectivity index is -0.000000750. The normalized spacial score (nSPS) is 9.88. The molecule has 0 radical (unpaired) electrons. The molecule has 0 bridgehead atoms. The molecule has 2 heteroatoms. The maximum atomic E-state index is 3.59. The third-order valence-corrected chi connectivity index (χ3v) is 3.53. The Morgan fingerprint density at radius 3 is 2.31 bits per heavy atom. The van der Waals surface area contributed by atoms with Crippen molar-refractivity contribution in [3.63, 3.8) is 0 Å². The van der Waals surface area contributed by atoms with Gasteiger partial charge in [0.05, 0.1) is 0 Å². The molecule has 0 heterocycles. The fraction of sp³-hybridized carbons (Fsp3) is 0.571. The van der Waals surface area contributed by atoms with Crippen molar-refractivity contribution in [3.05, 3.63) is 34.3 Å². The molecule has 0 aromatic heterocycles. The van der Waals surface area contributed by atoms with Crippen molar-refractivity contribution in [1.29, 1.82) is 0 Å². The second-order valence-corrected chi connectivity index (χ2v) is 4.96. The minimum Gasteiger partial charge on any atom is -1.00 e. The van der Waals surface area contributed by atoms with Crippen LogP contribution in [0.5, 0.6) is 0 Å². The summed E-state index contributed by atoms with van der Waals surface area (Å²) in [4.78, 5) is 0. The second kappa shape index (κ2) is 10.6. The van der Waals surface area contributed by atoms with E-state index in [9.17, 15) is 0 Å². The quantitative estimate of drug-likeness (QED) is 0.479. The Labute approximate surface area is 127 Å². The van der Waals surface area contributed by atoms with E-state index in [-0.39, 0.29) is 25.9 Å². The van der Waals surface area contributed by atoms with E-state index in [0.29, 0.717) is 0 Å². The Kier molecular flexibility index (Phi) is 10.9. The first-order valence-corrected chi connectivity index (χ1v) is 6.87. The van der Waals surface area contributed by atoms with E-state index >= 15 is 0 Å². The van der Waals surface area contributed by atoms with Crippen LogP contribution in [-0.4, -0.2) is 23.1 Å². The molecule has 0 aliphatic carbocycles. The Morgan fingerprint density at radius 1 is 1.00 bits per heavy atom. The van der Waals surface area contributed by atoms with Gasteiger partial charge in [-0.05, 0) is 24.5 Å². The molecule has 0 saturated carbocycles. The van der Waals surface area contributed by atoms with Gasteiger partial charge >= 0.3 is 23.1 Å². The molecule has 0 nitrogen and oxygen atoms in total. The van der Waals surface area contributed by atoms with Crippen LogP contribution in [-0.2, 0) is 6.42 Å². The van der Waals surface area contributed by atoms with Crippen LogP contribution in [0, 0.1) is 0 Å². The van der Waals surface area contributed by atoms with Crippen molar-refractivity contribution in [2.75, 3.05) is 0 Å². The van der Waals surface area contributed by atoms with Crippen molar-refractivity contribution in [1.82, 2.24) is 0 Å². The van der Waals surface area contributed by atoms with Gasteiger partial charge in [0, 0.05) is 4.47 Å². The number of hydrogen-bond acceptors (Lipinski definition) is 0. The average molecular weight is 296 g/mol. The molecular weight excluding hydrogens is 272 g/mol. The van der Waals surface area contributed by atoms with Crippen molar-refractivity contribution in [2.24, 2.45) is 0 Å². The summed E-state index contributed by atoms with van der Waals surface area (Å²) in [6.45, 7) is 2.26. The molecule has 0 spiro atoms. The predicted molar refractivity (Wildman–Crippen MR) is 79.2 cm³/mol. The summed E-state index contributed by atoms with van der Waals surface area (Å²) in [5.41, 5.74) is 1.45. The summed E-state index contributed by atoms with van der Waals surface area (Å²) < 4.78 is 1.26. The van der Waals surface area contributed by atoms with Gasteiger partial charge in [-0.15, -0.1) is 0 Å². The number of rotatable bonds is 7. The molecule has 0 N–H and O–H groups in total. The van der Waals surface area contributed by atoms with Crippen molar-refractivity contribution in [3.8, 4) is 0 Å². The molecule has 1 rings (SSSR count). The fourth-order valence-corrected chi connectivity index (χ4v) is 2.28. The summed E-state index contributed by atoms with van der Waals surface area (Å²) in [6, 6.07) is 8.55. The summed E-state index contributed by atoms with van der Waals surface area (Å²) >= 11 is 3.59. The van der Waals surface area contributed by atoms with Gasteiger partial charge in [-0.3, -0.25) is 0 Å². The summed E-state index contributed by atoms with van der Waals surface area (Å²) in [7, 11) is 0. The number of unbranched alkanes of at least 4 members (excludes halogenated alkanes) is 5. The van der Waals surface area contributed by atoms with Gasteiger partial charge in [-0.1, -0.05) is 73.2 Å². The number of benzene rings is 1. The van der Waals surface area contributed by atoms with E-state index in [1.54, 1.807) is 0 Å². The first-order chi connectivity index (χ1) is 7.34. The Hall–Kier alpha value is 0.466. The molecular formula is C14H23BrMg. The standard InChI is InChI=1S/C14H21Br.Mg.2H/c1-2-3-4-5-6-7-10-13-11-8-9-12-14(13)15;;;/h8-9,11-12H,2-7,10H2,1H3;;;/q;+2;2*-1. The molecule has 0 unspecified atom stereocenters. The van der Waals surface area contributed by atoms with Crippen molar-refractivity contribution in [2.45, 2.75) is 51.9 Å². The van der Waals surface area contributed by atoms with Gasteiger partial charge in [0.1, 0.15) is 0 Å². The third kappa shape index (κ3) is 6.92. The SMILES string of the molecule is CCCCCCCCc1ccccc1Br.[H-].[H-].[Mg+2]. The van der Waals surface area contributed by atoms with Crippen LogP contribution in [0.1, 0.15) is 53.9 Å². The predicted octanol–water partition coefficient (Wildman–Crippen LogP) is 5.20. The number of aryl methyl sites for hydroxylation is 1. The zero-order valence-electron chi connectivity index (χ0n) is 12.3. The third-order valence-electron chi connectivity index (χ3n) is 2.76. The van der Waals surface area contributed by atoms with E-state index in [1.807, 2.05) is 0 Å². The zero-order valence-corrected chi connectivity index (χ0v) is 13.3. The molecule has 0 amide bonds. The van der Waals surface area contributed by atoms with Gasteiger partial charge in [0.15, 0.2) is 0 Å². The largest absolute Gasteiger partial charge is 2.00 e. The summed E-state index contributed by atoms with van der Waals surface area (Å²) in [6.07, 6.45) is 9.46. The monoisotopic (exact) mass is 294 g/mol. The topological polar surface area (TPSA) is 0 Å². The molecule has 0 atom stereocenters. The zero-order chi connectivity index (χ0) is 10.9. The van der Waals surface area contributed by atoms with E-state index in [1.165, 1.54) is 55.0 Å². The van der Waals surface area contributed by atoms with Gasteiger partial charge in [0.2, 0.25) is 0 Å². The first kappa shape index (κ1) is 16.5. The minimum absolute atomic E-state index is 0. The summed E-state index contributed by atoms with van der Waals surface area (Å²) in [5.74, 6) is 0. The maximum absolute atomic E-state index is 3.59. The molecule has 0 aliphatic heterocycles. The molecule has 1 aromatic carbocycles. The fourth-order valence-electron chi connectivity index (χ4n) is 1.80. The van der Waals surface area contributed by atoms with Crippen LogP contribution in [0.25, 0.3) is 0 Å². The van der Waals surface area contributed by atoms with Gasteiger partial charge < -0.3 is 2.85 Å². The van der Waals surface area contributed by atoms with Crippen molar-refractivity contribution >= 4 is 39.0 Å². The van der Waals surface area contributed by atoms with Crippen LogP contribution in [0.4, 0.5) is 0 Å². The van der Waals surface area contributed by atoms with Gasteiger partial charge in [0.25, 0.3) is 0 Å². The van der Waals surface area contributed by atoms with Crippen LogP contribution >= 0.6 is 15.9 Å². The van der Waals surface area contributed by atoms with Gasteiger partial charge in [-0.2, -0.15) is 0 Å². The second-order valence-electron chi connectivity index (χ2n) is 4.11. The molecule has 88 valence electrons. The van der Waals surface area contributed by atoms with Crippen LogP contribution in [0.2, 0.25) is 0 Å². The molecule has 16 heavy (non-hydrogen) atoms. The molecule has 0 saturated heterocycles. The summed E-state index contributed by atoms with van der Waals surface area (Å²) in [5, 5.41) is 0. The molecule has 0 fully saturated rings. The van der Waals surface area contributed by atoms with Crippen LogP contribution in [0.15, 0.2) is 28.7 Å². The average Bonchev–Trinajstić information content (AvgIpc) is 2.25. The Morgan fingerprint density at radius 2 is 1.62 bits per heavy atom. The smallest absolute Gasteiger partial charge is 1.00 e. The van der Waals surface area contributed by atoms with E-state index in [4.69, 9.17) is 0 Å². The first-order valence-electron chi connectivity index (χ1n) is 6.08. The minimum atomic E-state index is 0. The Bertz CT molecular complexity index is 282. The number of hydrogen-bond donors (Lipinski definition) is 0. The molecule has 0 aliphatic rings. The van der Waals surface area contributed by atoms with Crippen LogP contribution in [0.3, 0.4) is 0 Å². The maximum Gasteiger partial charge on any atom is 2.00 e. The van der Waals surface area contributed by atoms with E-state index in [2.05, 4.69) is 47.1 Å². The van der Waals surface area contributed by atoms with Crippen molar-refractivity contribution < 1.29 is 2.85 Å². The van der Waals surface area contributed by atoms with E-state index in [0.717, 1.165) is 0 Å². The number of halogens is 1. The van der Waals surface area contributed by atoms with Gasteiger partial charge in [-0.25, -0.2) is 0 Å². The van der Waals surface area contributed by atoms with E-state index < -0.39 is 0 Å².